The zero-order chi connectivity index (χ0) is 10.9. The molecule has 0 aliphatic heterocycles. The van der Waals surface area contributed by atoms with E-state index in [0.29, 0.717) is 6.04 Å². The molecule has 1 unspecified atom stereocenters. The summed E-state index contributed by atoms with van der Waals surface area (Å²) in [4.78, 5) is 2.65. The van der Waals surface area contributed by atoms with E-state index in [4.69, 9.17) is 0 Å². The van der Waals surface area contributed by atoms with Gasteiger partial charge in [0.05, 0.1) is 0 Å². The Hall–Kier alpha value is -0.560. The van der Waals surface area contributed by atoms with Crippen LogP contribution in [0.5, 0.6) is 0 Å². The van der Waals surface area contributed by atoms with Gasteiger partial charge < -0.3 is 0 Å². The summed E-state index contributed by atoms with van der Waals surface area (Å²) in [6.45, 7) is 7.07. The van der Waals surface area contributed by atoms with Gasteiger partial charge >= 0.3 is 0 Å². The summed E-state index contributed by atoms with van der Waals surface area (Å²) >= 11 is 0. The number of hydrogen-bond donors (Lipinski definition) is 0. The molecular formula is C14H25N. The van der Waals surface area contributed by atoms with Gasteiger partial charge in [0.25, 0.3) is 0 Å². The molecule has 15 heavy (non-hydrogen) atoms. The van der Waals surface area contributed by atoms with Crippen molar-refractivity contribution in [1.82, 2.24) is 4.90 Å². The lowest BCUT2D eigenvalue weighted by atomic mass is 10.1. The fourth-order valence-electron chi connectivity index (χ4n) is 2.00. The van der Waals surface area contributed by atoms with E-state index in [9.17, 15) is 0 Å². The van der Waals surface area contributed by atoms with Crippen LogP contribution >= 0.6 is 0 Å². The molecule has 1 rings (SSSR count). The number of unbranched alkanes of at least 4 members (excludes halogenated alkanes) is 2. The largest absolute Gasteiger partial charge is 0.297 e. The predicted octanol–water partition coefficient (Wildman–Crippen LogP) is 3.77. The molecule has 1 aliphatic rings. The Morgan fingerprint density at radius 1 is 1.07 bits per heavy atom. The zero-order valence-corrected chi connectivity index (χ0v) is 10.3. The van der Waals surface area contributed by atoms with Crippen molar-refractivity contribution in [2.24, 2.45) is 0 Å². The van der Waals surface area contributed by atoms with Crippen molar-refractivity contribution in [3.63, 3.8) is 0 Å². The van der Waals surface area contributed by atoms with Crippen LogP contribution in [0.15, 0.2) is 24.3 Å². The molecule has 0 saturated carbocycles. The molecule has 0 N–H and O–H groups in total. The topological polar surface area (TPSA) is 3.24 Å². The third-order valence-electron chi connectivity index (χ3n) is 3.02. The Morgan fingerprint density at radius 3 is 2.20 bits per heavy atom. The van der Waals surface area contributed by atoms with Crippen LogP contribution in [0.1, 0.15) is 46.0 Å². The monoisotopic (exact) mass is 207 g/mol. The van der Waals surface area contributed by atoms with Crippen LogP contribution in [0, 0.1) is 0 Å². The minimum absolute atomic E-state index is 0.660. The summed E-state index contributed by atoms with van der Waals surface area (Å²) < 4.78 is 0. The van der Waals surface area contributed by atoms with E-state index in [0.717, 1.165) is 0 Å². The molecule has 0 heterocycles. The van der Waals surface area contributed by atoms with Crippen molar-refractivity contribution in [1.29, 1.82) is 0 Å². The van der Waals surface area contributed by atoms with Gasteiger partial charge in [-0.25, -0.2) is 0 Å². The second kappa shape index (κ2) is 7.70. The Balaban J connectivity index is 2.39. The van der Waals surface area contributed by atoms with Gasteiger partial charge in [0.2, 0.25) is 0 Å². The lowest BCUT2D eigenvalue weighted by Gasteiger charge is -2.30. The Morgan fingerprint density at radius 2 is 1.73 bits per heavy atom. The third-order valence-corrected chi connectivity index (χ3v) is 3.02. The molecule has 1 nitrogen and oxygen atoms in total. The minimum atomic E-state index is 0.660. The third kappa shape index (κ3) is 4.65. The molecule has 0 fully saturated rings. The van der Waals surface area contributed by atoms with Gasteiger partial charge in [-0.15, -0.1) is 0 Å². The summed E-state index contributed by atoms with van der Waals surface area (Å²) in [6, 6.07) is 0.660. The maximum absolute atomic E-state index is 2.65. The van der Waals surface area contributed by atoms with E-state index < -0.39 is 0 Å². The molecular weight excluding hydrogens is 182 g/mol. The van der Waals surface area contributed by atoms with Gasteiger partial charge in [-0.3, -0.25) is 4.90 Å². The lowest BCUT2D eigenvalue weighted by Crippen LogP contribution is -2.35. The Kier molecular flexibility index (Phi) is 6.42. The van der Waals surface area contributed by atoms with E-state index >= 15 is 0 Å². The smallest absolute Gasteiger partial charge is 0.0315 e. The summed E-state index contributed by atoms with van der Waals surface area (Å²) in [6.07, 6.45) is 15.5. The van der Waals surface area contributed by atoms with Crippen molar-refractivity contribution in [2.75, 3.05) is 13.1 Å². The molecule has 0 saturated heterocycles. The van der Waals surface area contributed by atoms with Gasteiger partial charge in [-0.05, 0) is 32.4 Å². The summed E-state index contributed by atoms with van der Waals surface area (Å²) in [5, 5.41) is 0. The maximum Gasteiger partial charge on any atom is 0.0315 e. The van der Waals surface area contributed by atoms with Crippen LogP contribution in [-0.2, 0) is 0 Å². The first kappa shape index (κ1) is 12.5. The number of rotatable bonds is 7. The van der Waals surface area contributed by atoms with Crippen LogP contribution in [0.3, 0.4) is 0 Å². The highest BCUT2D eigenvalue weighted by Crippen LogP contribution is 2.13. The molecule has 0 spiro atoms. The average Bonchev–Trinajstić information content (AvgIpc) is 2.30. The predicted molar refractivity (Wildman–Crippen MR) is 68.1 cm³/mol. The standard InChI is InChI=1S/C14H25N/c1-3-5-12-15(13-6-4-2)14-10-8-7-9-11-14/h7-10,14H,3-6,11-13H2,1-2H3. The molecule has 0 bridgehead atoms. The van der Waals surface area contributed by atoms with Crippen LogP contribution < -0.4 is 0 Å². The van der Waals surface area contributed by atoms with Crippen LogP contribution in [0.25, 0.3) is 0 Å². The molecule has 0 radical (unpaired) electrons. The van der Waals surface area contributed by atoms with Gasteiger partial charge in [-0.1, -0.05) is 51.0 Å². The minimum Gasteiger partial charge on any atom is -0.297 e. The maximum atomic E-state index is 2.65. The van der Waals surface area contributed by atoms with Crippen LogP contribution in [0.2, 0.25) is 0 Å². The van der Waals surface area contributed by atoms with Gasteiger partial charge in [0.15, 0.2) is 0 Å². The molecule has 1 atom stereocenters. The summed E-state index contributed by atoms with van der Waals surface area (Å²) in [7, 11) is 0. The fraction of sp³-hybridized carbons (Fsp3) is 0.714. The highest BCUT2D eigenvalue weighted by atomic mass is 15.1. The Bertz CT molecular complexity index is 197. The molecule has 0 aromatic carbocycles. The van der Waals surface area contributed by atoms with Crippen molar-refractivity contribution in [2.45, 2.75) is 52.0 Å². The van der Waals surface area contributed by atoms with Gasteiger partial charge in [-0.2, -0.15) is 0 Å². The van der Waals surface area contributed by atoms with Crippen molar-refractivity contribution >= 4 is 0 Å². The van der Waals surface area contributed by atoms with E-state index in [1.54, 1.807) is 0 Å². The molecule has 1 heteroatoms. The zero-order valence-electron chi connectivity index (χ0n) is 10.3. The normalized spacial score (nSPS) is 20.1. The molecule has 1 aliphatic carbocycles. The van der Waals surface area contributed by atoms with Gasteiger partial charge in [0, 0.05) is 6.04 Å². The van der Waals surface area contributed by atoms with E-state index in [2.05, 4.69) is 43.1 Å². The SMILES string of the molecule is CCCCN(CCCC)C1C=CC=CC1. The quantitative estimate of drug-likeness (QED) is 0.614. The van der Waals surface area contributed by atoms with Crippen LogP contribution in [0.4, 0.5) is 0 Å². The Labute approximate surface area is 94.9 Å². The van der Waals surface area contributed by atoms with Gasteiger partial charge in [0.1, 0.15) is 0 Å². The number of nitrogens with zero attached hydrogens (tertiary/aromatic N) is 1. The van der Waals surface area contributed by atoms with Crippen molar-refractivity contribution < 1.29 is 0 Å². The molecule has 0 aromatic rings. The summed E-state index contributed by atoms with van der Waals surface area (Å²) in [5.41, 5.74) is 0. The van der Waals surface area contributed by atoms with Crippen molar-refractivity contribution in [3.8, 4) is 0 Å². The number of allylic oxidation sites excluding steroid dienone is 2. The average molecular weight is 207 g/mol. The summed E-state index contributed by atoms with van der Waals surface area (Å²) in [5.74, 6) is 0. The first-order valence-corrected chi connectivity index (χ1v) is 6.45. The van der Waals surface area contributed by atoms with Crippen LogP contribution in [-0.4, -0.2) is 24.0 Å². The van der Waals surface area contributed by atoms with E-state index in [1.165, 1.54) is 45.2 Å². The first-order valence-electron chi connectivity index (χ1n) is 6.45. The molecule has 86 valence electrons. The first-order chi connectivity index (χ1) is 7.38. The molecule has 0 aromatic heterocycles. The lowest BCUT2D eigenvalue weighted by molar-refractivity contribution is 0.222. The highest BCUT2D eigenvalue weighted by Gasteiger charge is 2.14. The number of hydrogen-bond acceptors (Lipinski definition) is 1. The fourth-order valence-corrected chi connectivity index (χ4v) is 2.00. The molecule has 0 amide bonds. The highest BCUT2D eigenvalue weighted by molar-refractivity contribution is 5.13. The second-order valence-electron chi connectivity index (χ2n) is 4.36. The van der Waals surface area contributed by atoms with E-state index in [-0.39, 0.29) is 0 Å². The second-order valence-corrected chi connectivity index (χ2v) is 4.36. The van der Waals surface area contributed by atoms with Crippen molar-refractivity contribution in [3.05, 3.63) is 24.3 Å². The van der Waals surface area contributed by atoms with E-state index in [1.807, 2.05) is 0 Å².